The van der Waals surface area contributed by atoms with Crippen LogP contribution < -0.4 is 0 Å². The second kappa shape index (κ2) is 7.00. The molecule has 0 N–H and O–H groups in total. The number of nitro benzene ring substituents is 2. The van der Waals surface area contributed by atoms with Gasteiger partial charge in [0.15, 0.2) is 0 Å². The van der Waals surface area contributed by atoms with Crippen molar-refractivity contribution in [1.29, 1.82) is 0 Å². The van der Waals surface area contributed by atoms with Crippen molar-refractivity contribution in [3.8, 4) is 0 Å². The van der Waals surface area contributed by atoms with E-state index in [0.717, 1.165) is 17.5 Å². The van der Waals surface area contributed by atoms with Gasteiger partial charge in [-0.3, -0.25) is 20.2 Å². The molecule has 1 aliphatic rings. The predicted molar refractivity (Wildman–Crippen MR) is 93.4 cm³/mol. The minimum absolute atomic E-state index is 0.461. The maximum Gasteiger partial charge on any atom is 0.346 e. The Labute approximate surface area is 151 Å². The average molecular weight is 366 g/mol. The SMILES string of the molecule is O=C1OC(=O)c2cccc3cccc1c23.O=[N+]([O-])c1ccccc1[N+](=O)[O-]. The van der Waals surface area contributed by atoms with Crippen LogP contribution in [-0.2, 0) is 4.74 Å². The monoisotopic (exact) mass is 366 g/mol. The summed E-state index contributed by atoms with van der Waals surface area (Å²) in [7, 11) is 0. The quantitative estimate of drug-likeness (QED) is 0.293. The molecule has 0 unspecified atom stereocenters. The molecule has 0 aromatic heterocycles. The summed E-state index contributed by atoms with van der Waals surface area (Å²) in [5.41, 5.74) is -0.0459. The summed E-state index contributed by atoms with van der Waals surface area (Å²) in [6, 6.07) is 15.6. The largest absolute Gasteiger partial charge is 0.386 e. The molecular weight excluding hydrogens is 356 g/mol. The molecule has 0 atom stereocenters. The first-order chi connectivity index (χ1) is 12.9. The molecule has 134 valence electrons. The van der Waals surface area contributed by atoms with E-state index in [9.17, 15) is 29.8 Å². The Bertz CT molecular complexity index is 1030. The van der Waals surface area contributed by atoms with Gasteiger partial charge in [-0.05, 0) is 17.5 Å². The van der Waals surface area contributed by atoms with E-state index in [1.807, 2.05) is 12.1 Å². The lowest BCUT2D eigenvalue weighted by atomic mass is 9.97. The Hall–Kier alpha value is -4.14. The smallest absolute Gasteiger partial charge is 0.346 e. The van der Waals surface area contributed by atoms with Crippen molar-refractivity contribution in [3.05, 3.63) is 92.0 Å². The van der Waals surface area contributed by atoms with Gasteiger partial charge in [-0.15, -0.1) is 0 Å². The number of nitro groups is 2. The van der Waals surface area contributed by atoms with Gasteiger partial charge in [0.25, 0.3) is 0 Å². The Kier molecular flexibility index (Phi) is 4.58. The third-order valence-electron chi connectivity index (χ3n) is 3.81. The number of hydrogen-bond donors (Lipinski definition) is 0. The second-order valence-electron chi connectivity index (χ2n) is 5.39. The lowest BCUT2D eigenvalue weighted by Crippen LogP contribution is -2.19. The molecule has 0 radical (unpaired) electrons. The van der Waals surface area contributed by atoms with Gasteiger partial charge >= 0.3 is 23.3 Å². The number of rotatable bonds is 2. The first-order valence-electron chi connectivity index (χ1n) is 7.56. The summed E-state index contributed by atoms with van der Waals surface area (Å²) in [4.78, 5) is 41.8. The van der Waals surface area contributed by atoms with Crippen molar-refractivity contribution < 1.29 is 24.2 Å². The van der Waals surface area contributed by atoms with Crippen LogP contribution in [0.25, 0.3) is 10.8 Å². The van der Waals surface area contributed by atoms with Crippen LogP contribution in [0, 0.1) is 20.2 Å². The zero-order valence-electron chi connectivity index (χ0n) is 13.5. The third-order valence-corrected chi connectivity index (χ3v) is 3.81. The van der Waals surface area contributed by atoms with Crippen molar-refractivity contribution in [1.82, 2.24) is 0 Å². The van der Waals surface area contributed by atoms with E-state index in [1.165, 1.54) is 12.1 Å². The maximum absolute atomic E-state index is 11.4. The molecule has 0 saturated carbocycles. The predicted octanol–water partition coefficient (Wildman–Crippen LogP) is 3.65. The highest BCUT2D eigenvalue weighted by molar-refractivity contribution is 6.20. The first kappa shape index (κ1) is 17.7. The van der Waals surface area contributed by atoms with E-state index in [-0.39, 0.29) is 0 Å². The normalized spacial score (nSPS) is 12.0. The van der Waals surface area contributed by atoms with Gasteiger partial charge in [-0.25, -0.2) is 9.59 Å². The zero-order chi connectivity index (χ0) is 19.6. The molecule has 9 heteroatoms. The van der Waals surface area contributed by atoms with Gasteiger partial charge in [0, 0.05) is 17.5 Å². The van der Waals surface area contributed by atoms with E-state index in [2.05, 4.69) is 4.74 Å². The van der Waals surface area contributed by atoms with Gasteiger partial charge in [-0.1, -0.05) is 36.4 Å². The Balaban J connectivity index is 0.000000161. The summed E-state index contributed by atoms with van der Waals surface area (Å²) in [5.74, 6) is -1.13. The van der Waals surface area contributed by atoms with Gasteiger partial charge < -0.3 is 4.74 Å². The highest BCUT2D eigenvalue weighted by atomic mass is 16.6. The molecule has 0 aliphatic carbocycles. The van der Waals surface area contributed by atoms with Crippen LogP contribution in [0.3, 0.4) is 0 Å². The van der Waals surface area contributed by atoms with Crippen LogP contribution in [0.1, 0.15) is 20.7 Å². The van der Waals surface area contributed by atoms with Crippen molar-refractivity contribution in [3.63, 3.8) is 0 Å². The Morgan fingerprint density at radius 2 is 1.11 bits per heavy atom. The van der Waals surface area contributed by atoms with E-state index in [4.69, 9.17) is 0 Å². The van der Waals surface area contributed by atoms with E-state index in [1.54, 1.807) is 24.3 Å². The highest BCUT2D eigenvalue weighted by Gasteiger charge is 2.26. The molecule has 0 saturated heterocycles. The number of esters is 2. The minimum atomic E-state index is -0.780. The molecule has 3 aromatic rings. The first-order valence-corrected chi connectivity index (χ1v) is 7.56. The number of hydrogen-bond acceptors (Lipinski definition) is 7. The minimum Gasteiger partial charge on any atom is -0.386 e. The fraction of sp³-hybridized carbons (Fsp3) is 0. The molecule has 0 spiro atoms. The van der Waals surface area contributed by atoms with Crippen molar-refractivity contribution >= 4 is 34.1 Å². The lowest BCUT2D eigenvalue weighted by molar-refractivity contribution is -0.422. The van der Waals surface area contributed by atoms with Crippen LogP contribution in [0.4, 0.5) is 11.4 Å². The Morgan fingerprint density at radius 1 is 0.667 bits per heavy atom. The topological polar surface area (TPSA) is 130 Å². The Morgan fingerprint density at radius 3 is 1.52 bits per heavy atom. The average Bonchev–Trinajstić information content (AvgIpc) is 2.66. The van der Waals surface area contributed by atoms with E-state index in [0.29, 0.717) is 16.5 Å². The summed E-state index contributed by atoms with van der Waals surface area (Å²) in [6.07, 6.45) is 0. The fourth-order valence-corrected chi connectivity index (χ4v) is 2.65. The zero-order valence-corrected chi connectivity index (χ0v) is 13.5. The van der Waals surface area contributed by atoms with Gasteiger partial charge in [0.1, 0.15) is 0 Å². The highest BCUT2D eigenvalue weighted by Crippen LogP contribution is 2.28. The molecular formula is C18H10N2O7. The third kappa shape index (κ3) is 3.33. The maximum atomic E-state index is 11.4. The molecule has 1 heterocycles. The van der Waals surface area contributed by atoms with Crippen molar-refractivity contribution in [2.75, 3.05) is 0 Å². The van der Waals surface area contributed by atoms with Gasteiger partial charge in [0.2, 0.25) is 0 Å². The fourth-order valence-electron chi connectivity index (χ4n) is 2.65. The van der Waals surface area contributed by atoms with Crippen LogP contribution in [-0.4, -0.2) is 21.8 Å². The van der Waals surface area contributed by atoms with Crippen LogP contribution in [0.5, 0.6) is 0 Å². The molecule has 1 aliphatic heterocycles. The lowest BCUT2D eigenvalue weighted by Gasteiger charge is -2.14. The number of carbonyl (C=O) groups is 2. The molecule has 4 rings (SSSR count). The number of ether oxygens (including phenoxy) is 1. The van der Waals surface area contributed by atoms with Crippen molar-refractivity contribution in [2.45, 2.75) is 0 Å². The summed E-state index contributed by atoms with van der Waals surface area (Å²) in [5, 5.41) is 22.0. The standard InChI is InChI=1S/C12H6O3.C6H4N2O4/c13-11-8-5-1-3-7-4-2-6-9(10(7)8)12(14)15-11;9-7(10)5-3-1-2-4-6(5)8(11)12/h1-6H;1-4H. The van der Waals surface area contributed by atoms with Crippen molar-refractivity contribution in [2.24, 2.45) is 0 Å². The summed E-state index contributed by atoms with van der Waals surface area (Å²) in [6.45, 7) is 0. The number of para-hydroxylation sites is 2. The van der Waals surface area contributed by atoms with E-state index >= 15 is 0 Å². The molecule has 0 bridgehead atoms. The van der Waals surface area contributed by atoms with Gasteiger partial charge in [-0.2, -0.15) is 0 Å². The number of benzene rings is 3. The number of nitrogens with zero attached hydrogens (tertiary/aromatic N) is 2. The summed E-state index contributed by atoms with van der Waals surface area (Å²) >= 11 is 0. The van der Waals surface area contributed by atoms with E-state index < -0.39 is 33.2 Å². The molecule has 0 amide bonds. The molecule has 3 aromatic carbocycles. The molecule has 9 nitrogen and oxygen atoms in total. The van der Waals surface area contributed by atoms with Gasteiger partial charge in [0.05, 0.1) is 21.0 Å². The summed E-state index contributed by atoms with van der Waals surface area (Å²) < 4.78 is 4.63. The number of cyclic esters (lactones) is 2. The van der Waals surface area contributed by atoms with Crippen LogP contribution in [0.2, 0.25) is 0 Å². The molecule has 27 heavy (non-hydrogen) atoms. The number of carbonyl (C=O) groups excluding carboxylic acids is 2. The second-order valence-corrected chi connectivity index (χ2v) is 5.39. The molecule has 0 fully saturated rings. The van der Waals surface area contributed by atoms with Crippen LogP contribution >= 0.6 is 0 Å². The van der Waals surface area contributed by atoms with Crippen LogP contribution in [0.15, 0.2) is 60.7 Å².